The summed E-state index contributed by atoms with van der Waals surface area (Å²) in [6.45, 7) is 0. The number of benzene rings is 1. The van der Waals surface area contributed by atoms with Crippen molar-refractivity contribution in [2.45, 2.75) is 0 Å². The molecule has 1 aromatic heterocycles. The third-order valence-electron chi connectivity index (χ3n) is 2.62. The van der Waals surface area contributed by atoms with Gasteiger partial charge in [0.1, 0.15) is 5.75 Å². The fourth-order valence-electron chi connectivity index (χ4n) is 1.45. The Morgan fingerprint density at radius 1 is 1.40 bits per heavy atom. The number of aromatic nitrogens is 2. The first-order valence-corrected chi connectivity index (χ1v) is 5.80. The molecular weight excluding hydrogens is 260 g/mol. The molecule has 7 heteroatoms. The maximum atomic E-state index is 11.4. The molecule has 0 amide bonds. The van der Waals surface area contributed by atoms with Gasteiger partial charge in [-0.15, -0.1) is 0 Å². The summed E-state index contributed by atoms with van der Waals surface area (Å²) >= 11 is 0. The van der Waals surface area contributed by atoms with Crippen LogP contribution in [0.25, 0.3) is 0 Å². The van der Waals surface area contributed by atoms with Gasteiger partial charge in [-0.05, 0) is 29.8 Å². The number of aromatic hydroxyl groups is 1. The van der Waals surface area contributed by atoms with Crippen LogP contribution in [-0.2, 0) is 7.05 Å². The first-order chi connectivity index (χ1) is 9.60. The highest BCUT2D eigenvalue weighted by Gasteiger charge is 2.02. The molecule has 0 spiro atoms. The van der Waals surface area contributed by atoms with Crippen LogP contribution in [0, 0.1) is 0 Å². The standard InChI is InChI=1S/C13H14N4O3/c1-17-12(18)7-11(15-13(17)19)16-14-8-9-3-5-10(20-2)6-4-9/h3-8,16H,1-2H3,(H,15,19)/b14-8+. The molecule has 1 heterocycles. The minimum Gasteiger partial charge on any atom is -0.497 e. The van der Waals surface area contributed by atoms with Crippen LogP contribution in [0.15, 0.2) is 40.2 Å². The van der Waals surface area contributed by atoms with Crippen LogP contribution < -0.4 is 15.7 Å². The molecule has 7 nitrogen and oxygen atoms in total. The molecule has 2 aromatic rings. The molecule has 0 fully saturated rings. The van der Waals surface area contributed by atoms with E-state index in [4.69, 9.17) is 4.74 Å². The van der Waals surface area contributed by atoms with E-state index in [2.05, 4.69) is 15.5 Å². The second-order valence-corrected chi connectivity index (χ2v) is 3.98. The molecule has 0 aliphatic rings. The Balaban J connectivity index is 2.07. The Morgan fingerprint density at radius 3 is 2.70 bits per heavy atom. The zero-order valence-corrected chi connectivity index (χ0v) is 11.1. The number of hydrogen-bond donors (Lipinski definition) is 2. The van der Waals surface area contributed by atoms with Crippen molar-refractivity contribution in [1.29, 1.82) is 0 Å². The number of ether oxygens (including phenoxy) is 1. The molecule has 0 aliphatic heterocycles. The van der Waals surface area contributed by atoms with Gasteiger partial charge in [-0.1, -0.05) is 0 Å². The summed E-state index contributed by atoms with van der Waals surface area (Å²) in [5.74, 6) is 0.934. The van der Waals surface area contributed by atoms with E-state index in [1.54, 1.807) is 13.3 Å². The average molecular weight is 274 g/mol. The van der Waals surface area contributed by atoms with E-state index in [-0.39, 0.29) is 17.4 Å². The van der Waals surface area contributed by atoms with Gasteiger partial charge in [-0.2, -0.15) is 10.1 Å². The summed E-state index contributed by atoms with van der Waals surface area (Å²) in [6, 6.07) is 8.15. The number of nitrogens with zero attached hydrogens (tertiary/aromatic N) is 3. The van der Waals surface area contributed by atoms with E-state index in [9.17, 15) is 9.90 Å². The van der Waals surface area contributed by atoms with Gasteiger partial charge in [-0.3, -0.25) is 14.8 Å². The fraction of sp³-hybridized carbons (Fsp3) is 0.154. The topological polar surface area (TPSA) is 88.7 Å². The number of hydrogen-bond acceptors (Lipinski definition) is 6. The lowest BCUT2D eigenvalue weighted by Crippen LogP contribution is -2.17. The minimum absolute atomic E-state index is 0.176. The van der Waals surface area contributed by atoms with E-state index >= 15 is 0 Å². The molecule has 104 valence electrons. The van der Waals surface area contributed by atoms with Gasteiger partial charge >= 0.3 is 0 Å². The highest BCUT2D eigenvalue weighted by molar-refractivity contribution is 5.80. The Hall–Kier alpha value is -2.83. The minimum atomic E-state index is -0.375. The molecule has 0 unspecified atom stereocenters. The van der Waals surface area contributed by atoms with Gasteiger partial charge in [-0.25, -0.2) is 0 Å². The lowest BCUT2D eigenvalue weighted by atomic mass is 10.2. The fourth-order valence-corrected chi connectivity index (χ4v) is 1.45. The molecule has 20 heavy (non-hydrogen) atoms. The van der Waals surface area contributed by atoms with Gasteiger partial charge in [0.15, 0.2) is 5.82 Å². The van der Waals surface area contributed by atoms with Crippen molar-refractivity contribution >= 4 is 12.0 Å². The van der Waals surface area contributed by atoms with Gasteiger partial charge in [0, 0.05) is 13.1 Å². The predicted octanol–water partition coefficient (Wildman–Crippen LogP) is 0.940. The molecule has 0 atom stereocenters. The Kier molecular flexibility index (Phi) is 3.99. The van der Waals surface area contributed by atoms with Crippen molar-refractivity contribution in [1.82, 2.24) is 9.55 Å². The van der Waals surface area contributed by atoms with Crippen molar-refractivity contribution in [2.75, 3.05) is 12.5 Å². The van der Waals surface area contributed by atoms with Crippen molar-refractivity contribution in [2.24, 2.45) is 12.1 Å². The first-order valence-electron chi connectivity index (χ1n) is 5.80. The van der Waals surface area contributed by atoms with Gasteiger partial charge < -0.3 is 9.84 Å². The number of hydrazone groups is 1. The molecule has 2 rings (SSSR count). The molecule has 0 saturated heterocycles. The largest absolute Gasteiger partial charge is 0.497 e. The lowest BCUT2D eigenvalue weighted by Gasteiger charge is -2.03. The Morgan fingerprint density at radius 2 is 2.10 bits per heavy atom. The molecular formula is C13H14N4O3. The Bertz CT molecular complexity index is 677. The molecule has 0 bridgehead atoms. The normalized spacial score (nSPS) is 10.7. The summed E-state index contributed by atoms with van der Waals surface area (Å²) in [5, 5.41) is 13.3. The van der Waals surface area contributed by atoms with Crippen LogP contribution in [-0.4, -0.2) is 28.0 Å². The number of anilines is 1. The molecule has 0 radical (unpaired) electrons. The van der Waals surface area contributed by atoms with E-state index in [0.29, 0.717) is 0 Å². The van der Waals surface area contributed by atoms with Crippen molar-refractivity contribution in [3.63, 3.8) is 0 Å². The van der Waals surface area contributed by atoms with E-state index in [1.807, 2.05) is 24.3 Å². The molecule has 1 aromatic carbocycles. The average Bonchev–Trinajstić information content (AvgIpc) is 2.45. The number of nitrogens with one attached hydrogen (secondary N) is 1. The van der Waals surface area contributed by atoms with Gasteiger partial charge in [0.25, 0.3) is 11.6 Å². The third-order valence-corrected chi connectivity index (χ3v) is 2.62. The van der Waals surface area contributed by atoms with Crippen LogP contribution in [0.1, 0.15) is 5.56 Å². The number of methoxy groups -OCH3 is 1. The number of rotatable bonds is 4. The zero-order chi connectivity index (χ0) is 14.5. The van der Waals surface area contributed by atoms with Crippen LogP contribution >= 0.6 is 0 Å². The van der Waals surface area contributed by atoms with Crippen molar-refractivity contribution in [3.8, 4) is 11.8 Å². The van der Waals surface area contributed by atoms with Gasteiger partial charge in [0.2, 0.25) is 0 Å². The lowest BCUT2D eigenvalue weighted by molar-refractivity contribution is 0.400. The second kappa shape index (κ2) is 5.87. The highest BCUT2D eigenvalue weighted by Crippen LogP contribution is 2.10. The molecule has 0 aliphatic carbocycles. The highest BCUT2D eigenvalue weighted by atomic mass is 16.5. The summed E-state index contributed by atoms with van der Waals surface area (Å²) in [4.78, 5) is 15.2. The predicted molar refractivity (Wildman–Crippen MR) is 75.4 cm³/mol. The maximum Gasteiger partial charge on any atom is 0.298 e. The quantitative estimate of drug-likeness (QED) is 0.640. The van der Waals surface area contributed by atoms with E-state index in [1.165, 1.54) is 13.1 Å². The monoisotopic (exact) mass is 274 g/mol. The van der Waals surface area contributed by atoms with Crippen molar-refractivity contribution < 1.29 is 9.84 Å². The van der Waals surface area contributed by atoms with Crippen molar-refractivity contribution in [3.05, 3.63) is 46.2 Å². The smallest absolute Gasteiger partial charge is 0.298 e. The van der Waals surface area contributed by atoms with Crippen LogP contribution in [0.3, 0.4) is 0 Å². The van der Waals surface area contributed by atoms with Gasteiger partial charge in [0.05, 0.1) is 13.3 Å². The third kappa shape index (κ3) is 3.14. The SMILES string of the molecule is COc1ccc(/C=N/Nc2cc(=O)n(C)c(O)n2)cc1. The Labute approximate surface area is 115 Å². The first kappa shape index (κ1) is 13.6. The van der Waals surface area contributed by atoms with E-state index in [0.717, 1.165) is 15.9 Å². The van der Waals surface area contributed by atoms with Crippen LogP contribution in [0.2, 0.25) is 0 Å². The van der Waals surface area contributed by atoms with E-state index < -0.39 is 0 Å². The maximum absolute atomic E-state index is 11.4. The second-order valence-electron chi connectivity index (χ2n) is 3.98. The summed E-state index contributed by atoms with van der Waals surface area (Å²) in [7, 11) is 3.02. The molecule has 2 N–H and O–H groups in total. The molecule has 0 saturated carbocycles. The van der Waals surface area contributed by atoms with Crippen LogP contribution in [0.4, 0.5) is 5.82 Å². The summed E-state index contributed by atoms with van der Waals surface area (Å²) in [6.07, 6.45) is 1.57. The summed E-state index contributed by atoms with van der Waals surface area (Å²) < 4.78 is 6.07. The van der Waals surface area contributed by atoms with Crippen LogP contribution in [0.5, 0.6) is 11.8 Å². The zero-order valence-electron chi connectivity index (χ0n) is 11.1. The summed E-state index contributed by atoms with van der Waals surface area (Å²) in [5.41, 5.74) is 3.06.